The predicted octanol–water partition coefficient (Wildman–Crippen LogP) is 3.17. The van der Waals surface area contributed by atoms with Crippen LogP contribution in [0.5, 0.6) is 0 Å². The molecule has 2 aromatic heterocycles. The molecule has 3 rings (SSSR count). The van der Waals surface area contributed by atoms with Crippen LogP contribution in [0.3, 0.4) is 0 Å². The summed E-state index contributed by atoms with van der Waals surface area (Å²) in [4.78, 5) is 16.8. The minimum absolute atomic E-state index is 0.215. The molecule has 1 aliphatic rings. The van der Waals surface area contributed by atoms with Crippen LogP contribution in [0.1, 0.15) is 5.69 Å². The molecule has 0 bridgehead atoms. The maximum absolute atomic E-state index is 11.9. The first-order chi connectivity index (χ1) is 10.5. The zero-order valence-electron chi connectivity index (χ0n) is 11.2. The number of aromatic nitrogens is 3. The van der Waals surface area contributed by atoms with E-state index in [1.54, 1.807) is 24.5 Å². The van der Waals surface area contributed by atoms with E-state index in [0.717, 1.165) is 13.6 Å². The number of nitrogens with zero attached hydrogens (tertiary/aromatic N) is 4. The molecule has 0 unspecified atom stereocenters. The van der Waals surface area contributed by atoms with Crippen molar-refractivity contribution >= 4 is 67.8 Å². The fourth-order valence-corrected chi connectivity index (χ4v) is 4.77. The Labute approximate surface area is 153 Å². The lowest BCUT2D eigenvalue weighted by Crippen LogP contribution is -2.22. The molecule has 0 saturated carbocycles. The molecule has 0 amide bonds. The van der Waals surface area contributed by atoms with Gasteiger partial charge in [0.2, 0.25) is 0 Å². The van der Waals surface area contributed by atoms with Crippen molar-refractivity contribution in [1.82, 2.24) is 15.2 Å². The van der Waals surface area contributed by atoms with Crippen molar-refractivity contribution in [3.63, 3.8) is 0 Å². The molecule has 114 valence electrons. The van der Waals surface area contributed by atoms with Gasteiger partial charge in [-0.2, -0.15) is 10.2 Å². The largest absolute Gasteiger partial charge is 0.280 e. The van der Waals surface area contributed by atoms with Crippen LogP contribution in [0.15, 0.2) is 33.3 Å². The summed E-state index contributed by atoms with van der Waals surface area (Å²) in [5.41, 5.74) is 1.28. The van der Waals surface area contributed by atoms with E-state index in [0.29, 0.717) is 21.4 Å². The van der Waals surface area contributed by atoms with E-state index in [-0.39, 0.29) is 5.56 Å². The highest BCUT2D eigenvalue weighted by molar-refractivity contribution is 14.1. The molecule has 0 spiro atoms. The highest BCUT2D eigenvalue weighted by Gasteiger charge is 2.21. The second kappa shape index (κ2) is 6.77. The third-order valence-electron chi connectivity index (χ3n) is 2.78. The van der Waals surface area contributed by atoms with Gasteiger partial charge >= 0.3 is 0 Å². The Morgan fingerprint density at radius 2 is 2.32 bits per heavy atom. The van der Waals surface area contributed by atoms with Crippen LogP contribution in [0.4, 0.5) is 5.69 Å². The van der Waals surface area contributed by atoms with E-state index in [1.807, 2.05) is 6.07 Å². The zero-order chi connectivity index (χ0) is 15.7. The van der Waals surface area contributed by atoms with E-state index in [1.165, 1.54) is 23.5 Å². The first-order valence-electron chi connectivity index (χ1n) is 6.05. The Kier molecular flexibility index (Phi) is 4.95. The quantitative estimate of drug-likeness (QED) is 0.687. The van der Waals surface area contributed by atoms with Gasteiger partial charge in [-0.15, -0.1) is 0 Å². The second-order valence-electron chi connectivity index (χ2n) is 4.28. The lowest BCUT2D eigenvalue weighted by molar-refractivity contribution is 0.899. The van der Waals surface area contributed by atoms with E-state index < -0.39 is 0 Å². The van der Waals surface area contributed by atoms with Crippen molar-refractivity contribution in [3.8, 4) is 0 Å². The van der Waals surface area contributed by atoms with Gasteiger partial charge in [0.1, 0.15) is 4.90 Å². The third-order valence-corrected chi connectivity index (χ3v) is 5.90. The van der Waals surface area contributed by atoms with E-state index >= 15 is 0 Å². The highest BCUT2D eigenvalue weighted by atomic mass is 127. The van der Waals surface area contributed by atoms with Crippen molar-refractivity contribution in [2.24, 2.45) is 5.10 Å². The fourth-order valence-electron chi connectivity index (χ4n) is 1.73. The highest BCUT2D eigenvalue weighted by Crippen LogP contribution is 2.36. The van der Waals surface area contributed by atoms with Gasteiger partial charge in [0.05, 0.1) is 22.6 Å². The molecule has 2 aromatic rings. The number of hydrogen-bond acceptors (Lipinski definition) is 7. The summed E-state index contributed by atoms with van der Waals surface area (Å²) in [6.45, 7) is 0. The molecule has 3 heterocycles. The summed E-state index contributed by atoms with van der Waals surface area (Å²) < 4.78 is 1.76. The summed E-state index contributed by atoms with van der Waals surface area (Å²) in [7, 11) is 1.79. The molecule has 0 saturated heterocycles. The van der Waals surface area contributed by atoms with Crippen LogP contribution < -0.4 is 10.6 Å². The molecule has 0 radical (unpaired) electrons. The maximum Gasteiger partial charge on any atom is 0.280 e. The molecule has 0 aromatic carbocycles. The third kappa shape index (κ3) is 3.42. The summed E-state index contributed by atoms with van der Waals surface area (Å²) >= 11 is 11.2. The van der Waals surface area contributed by atoms with Gasteiger partial charge in [-0.05, 0) is 28.7 Å². The number of nitrogens with one attached hydrogen (secondary N) is 1. The van der Waals surface area contributed by atoms with Gasteiger partial charge in [0, 0.05) is 22.6 Å². The Hall–Kier alpha value is -0.780. The smallest absolute Gasteiger partial charge is 0.267 e. The van der Waals surface area contributed by atoms with Crippen LogP contribution in [0.2, 0.25) is 5.02 Å². The van der Waals surface area contributed by atoms with Crippen LogP contribution in [0.25, 0.3) is 0 Å². The monoisotopic (exact) mass is 465 g/mol. The number of rotatable bonds is 2. The number of hydrogen-bond donors (Lipinski definition) is 1. The van der Waals surface area contributed by atoms with Gasteiger partial charge in [0.15, 0.2) is 4.38 Å². The topological polar surface area (TPSA) is 74.2 Å². The summed E-state index contributed by atoms with van der Waals surface area (Å²) in [5.74, 6) is 0.591. The molecule has 0 aliphatic carbocycles. The molecule has 0 atom stereocenters. The Bertz CT molecular complexity index is 812. The molecular formula is C12H9ClIN5OS2. The minimum Gasteiger partial charge on any atom is -0.267 e. The van der Waals surface area contributed by atoms with E-state index in [9.17, 15) is 4.79 Å². The summed E-state index contributed by atoms with van der Waals surface area (Å²) in [6.07, 6.45) is 3.36. The Balaban J connectivity index is 1.77. The number of pyridine rings is 1. The second-order valence-corrected chi connectivity index (χ2v) is 8.15. The molecule has 6 nitrogen and oxygen atoms in total. The number of anilines is 1. The fraction of sp³-hybridized carbons (Fsp3) is 0.167. The first kappa shape index (κ1) is 16.1. The number of aromatic amines is 1. The SMILES string of the molecule is CN1N=C(SCc2ncc(I)cc2Cl)Sc2c1cn[nH]c2=O. The Morgan fingerprint density at radius 3 is 3.09 bits per heavy atom. The molecule has 1 aliphatic heterocycles. The van der Waals surface area contributed by atoms with Gasteiger partial charge in [-0.25, -0.2) is 5.10 Å². The maximum atomic E-state index is 11.9. The molecule has 10 heteroatoms. The van der Waals surface area contributed by atoms with Crippen molar-refractivity contribution < 1.29 is 0 Å². The summed E-state index contributed by atoms with van der Waals surface area (Å²) in [5, 5.41) is 13.0. The molecule has 1 N–H and O–H groups in total. The van der Waals surface area contributed by atoms with Crippen LogP contribution in [-0.4, -0.2) is 26.6 Å². The normalized spacial score (nSPS) is 13.8. The number of halogens is 2. The predicted molar refractivity (Wildman–Crippen MR) is 99.8 cm³/mol. The van der Waals surface area contributed by atoms with Gasteiger partial charge in [0.25, 0.3) is 5.56 Å². The van der Waals surface area contributed by atoms with E-state index in [2.05, 4.69) is 42.9 Å². The molecule has 22 heavy (non-hydrogen) atoms. The average molecular weight is 466 g/mol. The van der Waals surface area contributed by atoms with Gasteiger partial charge < -0.3 is 0 Å². The molecular weight excluding hydrogens is 457 g/mol. The number of fused-ring (bicyclic) bond motifs is 1. The number of thioether (sulfide) groups is 2. The van der Waals surface area contributed by atoms with Crippen molar-refractivity contribution in [2.45, 2.75) is 10.6 Å². The van der Waals surface area contributed by atoms with E-state index in [4.69, 9.17) is 11.6 Å². The lowest BCUT2D eigenvalue weighted by Gasteiger charge is -2.21. The Morgan fingerprint density at radius 1 is 1.50 bits per heavy atom. The average Bonchev–Trinajstić information content (AvgIpc) is 2.47. The van der Waals surface area contributed by atoms with Crippen molar-refractivity contribution in [1.29, 1.82) is 0 Å². The van der Waals surface area contributed by atoms with Crippen LogP contribution in [0, 0.1) is 3.57 Å². The first-order valence-corrected chi connectivity index (χ1v) is 9.31. The zero-order valence-corrected chi connectivity index (χ0v) is 15.8. The number of H-pyrrole nitrogens is 1. The number of hydrazone groups is 1. The standard InChI is InChI=1S/C12H9ClIN5OS2/c1-19-9-4-16-17-11(20)10(9)22-12(18-19)21-5-8-7(13)2-6(14)3-15-8/h2-4H,5H2,1H3,(H,17,20). The summed E-state index contributed by atoms with van der Waals surface area (Å²) in [6, 6.07) is 1.87. The van der Waals surface area contributed by atoms with Crippen LogP contribution in [-0.2, 0) is 5.75 Å². The van der Waals surface area contributed by atoms with Gasteiger partial charge in [-0.3, -0.25) is 14.8 Å². The lowest BCUT2D eigenvalue weighted by atomic mass is 10.4. The van der Waals surface area contributed by atoms with Crippen LogP contribution >= 0.6 is 57.7 Å². The van der Waals surface area contributed by atoms with Gasteiger partial charge in [-0.1, -0.05) is 35.1 Å². The van der Waals surface area contributed by atoms with Crippen molar-refractivity contribution in [3.05, 3.63) is 43.1 Å². The van der Waals surface area contributed by atoms with Crippen molar-refractivity contribution in [2.75, 3.05) is 12.1 Å². The minimum atomic E-state index is -0.215. The molecule has 0 fully saturated rings.